The third-order valence-corrected chi connectivity index (χ3v) is 14.7. The standard InChI is InChI=1S/C66H39N7/c67-40-47-36-46(65-70-63(42-18-4-1-5-19-42)69-64(71-65)43-20-6-2-7-21-43)37-48(41-68)62(47)73-60-30-16-13-27-56(60)66(57-28-14-17-31-61(57)73)54-26-12-10-24-50(54)52-38-44(32-34-55(52)66)45-33-35-59-53(39-45)51-25-11-15-29-58(51)72(59)49-22-8-3-9-23-49/h1-39H. The first-order chi connectivity index (χ1) is 36.1. The van der Waals surface area contributed by atoms with Crippen LogP contribution in [0, 0.1) is 22.7 Å². The second kappa shape index (κ2) is 16.5. The van der Waals surface area contributed by atoms with Gasteiger partial charge in [-0.2, -0.15) is 10.5 Å². The highest BCUT2D eigenvalue weighted by Gasteiger charge is 2.52. The molecule has 1 aliphatic heterocycles. The van der Waals surface area contributed by atoms with Gasteiger partial charge in [0.05, 0.1) is 44.6 Å². The minimum Gasteiger partial charge on any atom is -0.309 e. The van der Waals surface area contributed by atoms with Gasteiger partial charge in [0.1, 0.15) is 12.1 Å². The molecule has 0 saturated heterocycles. The summed E-state index contributed by atoms with van der Waals surface area (Å²) in [7, 11) is 0. The molecular formula is C66H39N7. The highest BCUT2D eigenvalue weighted by molar-refractivity contribution is 6.10. The van der Waals surface area contributed by atoms with E-state index in [0.29, 0.717) is 39.9 Å². The lowest BCUT2D eigenvalue weighted by Gasteiger charge is -2.45. The van der Waals surface area contributed by atoms with Crippen molar-refractivity contribution in [1.29, 1.82) is 10.5 Å². The molecule has 0 N–H and O–H groups in total. The molecule has 0 amide bonds. The van der Waals surface area contributed by atoms with Crippen molar-refractivity contribution >= 4 is 38.9 Å². The Bertz CT molecular complexity index is 4160. The molecule has 0 saturated carbocycles. The van der Waals surface area contributed by atoms with Crippen LogP contribution in [-0.4, -0.2) is 19.5 Å². The topological polar surface area (TPSA) is 94.4 Å². The van der Waals surface area contributed by atoms with Crippen LogP contribution >= 0.6 is 0 Å². The molecule has 10 aromatic carbocycles. The zero-order chi connectivity index (χ0) is 48.6. The highest BCUT2D eigenvalue weighted by atomic mass is 15.2. The quantitative estimate of drug-likeness (QED) is 0.165. The number of rotatable bonds is 6. The first-order valence-electron chi connectivity index (χ1n) is 24.3. The zero-order valence-corrected chi connectivity index (χ0v) is 39.1. The second-order valence-corrected chi connectivity index (χ2v) is 18.5. The van der Waals surface area contributed by atoms with E-state index in [4.69, 9.17) is 15.0 Å². The second-order valence-electron chi connectivity index (χ2n) is 18.5. The predicted molar refractivity (Wildman–Crippen MR) is 291 cm³/mol. The summed E-state index contributed by atoms with van der Waals surface area (Å²) in [5.41, 5.74) is 16.9. The average molecular weight is 930 g/mol. The van der Waals surface area contributed by atoms with Crippen molar-refractivity contribution in [2.45, 2.75) is 5.41 Å². The van der Waals surface area contributed by atoms with E-state index in [1.54, 1.807) is 0 Å². The number of para-hydroxylation sites is 4. The molecule has 338 valence electrons. The SMILES string of the molecule is N#Cc1cc(-c2nc(-c3ccccc3)nc(-c3ccccc3)n2)cc(C#N)c1N1c2ccccc2C2(c3ccccc3-c3cc(-c4ccc5c(c4)c4ccccc4n5-c4ccccc4)ccc32)c2ccccc21. The fraction of sp³-hybridized carbons (Fsp3) is 0.0152. The van der Waals surface area contributed by atoms with Crippen LogP contribution in [0.3, 0.4) is 0 Å². The lowest BCUT2D eigenvalue weighted by molar-refractivity contribution is 0.752. The van der Waals surface area contributed by atoms with Crippen molar-refractivity contribution < 1.29 is 0 Å². The van der Waals surface area contributed by atoms with Crippen molar-refractivity contribution in [3.05, 3.63) is 270 Å². The molecule has 7 heteroatoms. The minimum atomic E-state index is -0.729. The van der Waals surface area contributed by atoms with Crippen molar-refractivity contribution in [1.82, 2.24) is 19.5 Å². The number of aromatic nitrogens is 4. The molecule has 0 atom stereocenters. The van der Waals surface area contributed by atoms with Gasteiger partial charge in [-0.15, -0.1) is 0 Å². The summed E-state index contributed by atoms with van der Waals surface area (Å²) < 4.78 is 2.35. The number of anilines is 3. The normalized spacial score (nSPS) is 12.7. The summed E-state index contributed by atoms with van der Waals surface area (Å²) in [6, 6.07) is 86.9. The smallest absolute Gasteiger partial charge is 0.164 e. The average Bonchev–Trinajstić information content (AvgIpc) is 3.97. The van der Waals surface area contributed by atoms with Crippen molar-refractivity contribution in [2.75, 3.05) is 4.90 Å². The van der Waals surface area contributed by atoms with E-state index < -0.39 is 5.41 Å². The minimum absolute atomic E-state index is 0.318. The fourth-order valence-corrected chi connectivity index (χ4v) is 11.7. The molecule has 1 spiro atoms. The van der Waals surface area contributed by atoms with Crippen LogP contribution in [0.2, 0.25) is 0 Å². The van der Waals surface area contributed by atoms with Gasteiger partial charge in [-0.25, -0.2) is 15.0 Å². The summed E-state index contributed by atoms with van der Waals surface area (Å²) in [5, 5.41) is 24.8. The lowest BCUT2D eigenvalue weighted by Crippen LogP contribution is -2.36. The molecule has 0 fully saturated rings. The van der Waals surface area contributed by atoms with Gasteiger partial charge in [-0.3, -0.25) is 0 Å². The van der Waals surface area contributed by atoms with Crippen LogP contribution in [0.1, 0.15) is 33.4 Å². The van der Waals surface area contributed by atoms with Crippen molar-refractivity contribution in [2.24, 2.45) is 0 Å². The molecule has 73 heavy (non-hydrogen) atoms. The lowest BCUT2D eigenvalue weighted by atomic mass is 9.64. The Labute approximate surface area is 421 Å². The summed E-state index contributed by atoms with van der Waals surface area (Å²) >= 11 is 0. The maximum atomic E-state index is 11.2. The maximum Gasteiger partial charge on any atom is 0.164 e. The summed E-state index contributed by atoms with van der Waals surface area (Å²) in [4.78, 5) is 16.9. The molecule has 1 aliphatic carbocycles. The molecule has 0 unspecified atom stereocenters. The molecule has 0 radical (unpaired) electrons. The van der Waals surface area contributed by atoms with Crippen molar-refractivity contribution in [3.63, 3.8) is 0 Å². The molecule has 12 aromatic rings. The van der Waals surface area contributed by atoms with Crippen LogP contribution in [0.15, 0.2) is 237 Å². The Kier molecular flexibility index (Phi) is 9.41. The van der Waals surface area contributed by atoms with E-state index in [2.05, 4.69) is 173 Å². The largest absolute Gasteiger partial charge is 0.309 e. The number of hydrogen-bond donors (Lipinski definition) is 0. The number of nitrogens with zero attached hydrogens (tertiary/aromatic N) is 7. The molecule has 2 aliphatic rings. The van der Waals surface area contributed by atoms with Crippen LogP contribution in [0.5, 0.6) is 0 Å². The van der Waals surface area contributed by atoms with E-state index in [9.17, 15) is 10.5 Å². The van der Waals surface area contributed by atoms with Gasteiger partial charge in [0.2, 0.25) is 0 Å². The fourth-order valence-electron chi connectivity index (χ4n) is 11.7. The molecule has 14 rings (SSSR count). The van der Waals surface area contributed by atoms with Crippen LogP contribution in [0.25, 0.3) is 83.9 Å². The molecule has 2 aromatic heterocycles. The van der Waals surface area contributed by atoms with E-state index in [1.165, 1.54) is 38.5 Å². The molecule has 3 heterocycles. The Morgan fingerprint density at radius 3 is 1.47 bits per heavy atom. The maximum absolute atomic E-state index is 11.2. The van der Waals surface area contributed by atoms with Gasteiger partial charge in [-0.05, 0) is 105 Å². The summed E-state index contributed by atoms with van der Waals surface area (Å²) in [6.45, 7) is 0. The Morgan fingerprint density at radius 2 is 0.836 bits per heavy atom. The molecular weight excluding hydrogens is 891 g/mol. The number of benzene rings is 10. The first-order valence-corrected chi connectivity index (χ1v) is 24.3. The predicted octanol–water partition coefficient (Wildman–Crippen LogP) is 15.5. The molecule has 7 nitrogen and oxygen atoms in total. The highest BCUT2D eigenvalue weighted by Crippen LogP contribution is 2.64. The van der Waals surface area contributed by atoms with Gasteiger partial charge in [0.15, 0.2) is 17.5 Å². The monoisotopic (exact) mass is 929 g/mol. The van der Waals surface area contributed by atoms with E-state index in [0.717, 1.165) is 56.0 Å². The Morgan fingerprint density at radius 1 is 0.356 bits per heavy atom. The Balaban J connectivity index is 0.938. The van der Waals surface area contributed by atoms with Gasteiger partial charge in [0, 0.05) is 33.2 Å². The number of hydrogen-bond acceptors (Lipinski definition) is 6. The van der Waals surface area contributed by atoms with E-state index >= 15 is 0 Å². The van der Waals surface area contributed by atoms with Gasteiger partial charge in [0.25, 0.3) is 0 Å². The molecule has 0 bridgehead atoms. The van der Waals surface area contributed by atoms with Crippen LogP contribution in [0.4, 0.5) is 17.1 Å². The Hall–Kier alpha value is -10.2. The zero-order valence-electron chi connectivity index (χ0n) is 39.1. The van der Waals surface area contributed by atoms with Gasteiger partial charge >= 0.3 is 0 Å². The van der Waals surface area contributed by atoms with Gasteiger partial charge in [-0.1, -0.05) is 176 Å². The first kappa shape index (κ1) is 41.7. The van der Waals surface area contributed by atoms with Gasteiger partial charge < -0.3 is 9.47 Å². The van der Waals surface area contributed by atoms with Crippen molar-refractivity contribution in [3.8, 4) is 74.2 Å². The number of fused-ring (bicyclic) bond motifs is 12. The third kappa shape index (κ3) is 6.26. The summed E-state index contributed by atoms with van der Waals surface area (Å²) in [6.07, 6.45) is 0. The summed E-state index contributed by atoms with van der Waals surface area (Å²) in [5.74, 6) is 1.35. The third-order valence-electron chi connectivity index (χ3n) is 14.7. The number of nitriles is 2. The van der Waals surface area contributed by atoms with E-state index in [-0.39, 0.29) is 0 Å². The van der Waals surface area contributed by atoms with E-state index in [1.807, 2.05) is 84.9 Å². The van der Waals surface area contributed by atoms with Crippen LogP contribution < -0.4 is 4.90 Å². The van der Waals surface area contributed by atoms with Crippen LogP contribution in [-0.2, 0) is 5.41 Å².